The van der Waals surface area contributed by atoms with Crippen molar-refractivity contribution >= 4 is 28.8 Å². The highest BCUT2D eigenvalue weighted by atomic mass is 32.2. The molecule has 0 radical (unpaired) electrons. The second-order valence-corrected chi connectivity index (χ2v) is 6.79. The summed E-state index contributed by atoms with van der Waals surface area (Å²) in [6.45, 7) is 2.90. The lowest BCUT2D eigenvalue weighted by Gasteiger charge is -2.16. The summed E-state index contributed by atoms with van der Waals surface area (Å²) >= 11 is 1.58. The summed E-state index contributed by atoms with van der Waals surface area (Å²) in [7, 11) is 3.70. The van der Waals surface area contributed by atoms with Gasteiger partial charge in [-0.05, 0) is 30.9 Å². The van der Waals surface area contributed by atoms with Crippen LogP contribution in [0.15, 0.2) is 29.6 Å². The summed E-state index contributed by atoms with van der Waals surface area (Å²) in [5.41, 5.74) is 4.04. The second kappa shape index (κ2) is 7.18. The van der Waals surface area contributed by atoms with Gasteiger partial charge in [0.05, 0.1) is 36.0 Å². The molecule has 2 amide bonds. The van der Waals surface area contributed by atoms with Gasteiger partial charge < -0.3 is 19.8 Å². The summed E-state index contributed by atoms with van der Waals surface area (Å²) in [5.74, 6) is 0.767. The number of nitrogens with zero attached hydrogens (tertiary/aromatic N) is 4. The Labute approximate surface area is 150 Å². The van der Waals surface area contributed by atoms with Crippen LogP contribution in [0.25, 0.3) is 11.0 Å². The number of aromatic nitrogens is 4. The number of thioether (sulfide) groups is 1. The largest absolute Gasteiger partial charge is 0.340 e. The van der Waals surface area contributed by atoms with Crippen molar-refractivity contribution in [3.63, 3.8) is 0 Å². The average Bonchev–Trinajstić information content (AvgIpc) is 3.14. The molecule has 0 saturated carbocycles. The van der Waals surface area contributed by atoms with Crippen LogP contribution in [-0.2, 0) is 20.1 Å². The molecule has 2 aromatic heterocycles. The van der Waals surface area contributed by atoms with Crippen molar-refractivity contribution in [3.05, 3.63) is 41.5 Å². The highest BCUT2D eigenvalue weighted by molar-refractivity contribution is 7.98. The van der Waals surface area contributed by atoms with E-state index in [0.717, 1.165) is 27.7 Å². The molecular formula is C17H22N6OS. The van der Waals surface area contributed by atoms with Crippen LogP contribution in [0.3, 0.4) is 0 Å². The number of carbonyl (C=O) groups is 1. The Kier molecular flexibility index (Phi) is 4.98. The average molecular weight is 358 g/mol. The first kappa shape index (κ1) is 17.3. The topological polar surface area (TPSA) is 78.8 Å². The number of rotatable bonds is 5. The lowest BCUT2D eigenvalue weighted by molar-refractivity contribution is 0.205. The van der Waals surface area contributed by atoms with Crippen LogP contribution in [0.4, 0.5) is 4.79 Å². The number of benzene rings is 1. The molecule has 0 bridgehead atoms. The Bertz CT molecular complexity index is 900. The number of carbonyl (C=O) groups excluding carboxylic acids is 1. The summed E-state index contributed by atoms with van der Waals surface area (Å²) in [5, 5.41) is 3.84. The number of fused-ring (bicyclic) bond motifs is 1. The third kappa shape index (κ3) is 3.79. The van der Waals surface area contributed by atoms with Crippen LogP contribution in [0.1, 0.15) is 17.1 Å². The van der Waals surface area contributed by atoms with Crippen molar-refractivity contribution in [3.8, 4) is 0 Å². The third-order valence-corrected chi connectivity index (χ3v) is 4.81. The standard InChI is InChI=1S/C17H22N6OS/c1-11-5-6-13-14(7-11)21-15(20-13)10-22(2)16(24)18-8-12-9-19-17(25-4)23(12)3/h5-7,9H,8,10H2,1-4H3,(H,18,24)(H,20,21). The van der Waals surface area contributed by atoms with E-state index in [2.05, 4.69) is 26.3 Å². The molecule has 0 fully saturated rings. The zero-order valence-electron chi connectivity index (χ0n) is 14.8. The van der Waals surface area contributed by atoms with Gasteiger partial charge in [0, 0.05) is 14.1 Å². The van der Waals surface area contributed by atoms with Crippen LogP contribution in [0, 0.1) is 6.92 Å². The molecule has 2 N–H and O–H groups in total. The molecule has 3 aromatic rings. The molecule has 0 unspecified atom stereocenters. The van der Waals surface area contributed by atoms with Gasteiger partial charge in [-0.25, -0.2) is 14.8 Å². The molecule has 1 aromatic carbocycles. The van der Waals surface area contributed by atoms with E-state index in [1.54, 1.807) is 29.9 Å². The molecule has 0 spiro atoms. The first-order valence-electron chi connectivity index (χ1n) is 7.96. The lowest BCUT2D eigenvalue weighted by atomic mass is 10.2. The molecule has 2 heterocycles. The van der Waals surface area contributed by atoms with Crippen molar-refractivity contribution in [1.82, 2.24) is 29.7 Å². The van der Waals surface area contributed by atoms with E-state index in [4.69, 9.17) is 0 Å². The number of aryl methyl sites for hydroxylation is 1. The first-order chi connectivity index (χ1) is 12.0. The number of nitrogens with one attached hydrogen (secondary N) is 2. The summed E-state index contributed by atoms with van der Waals surface area (Å²) in [6.07, 6.45) is 3.76. The van der Waals surface area contributed by atoms with Gasteiger partial charge in [0.2, 0.25) is 0 Å². The van der Waals surface area contributed by atoms with E-state index in [1.807, 2.05) is 36.9 Å². The molecule has 3 rings (SSSR count). The van der Waals surface area contributed by atoms with Crippen molar-refractivity contribution < 1.29 is 4.79 Å². The number of aromatic amines is 1. The number of imidazole rings is 2. The Morgan fingerprint density at radius 2 is 2.24 bits per heavy atom. The van der Waals surface area contributed by atoms with Gasteiger partial charge >= 0.3 is 6.03 Å². The van der Waals surface area contributed by atoms with E-state index in [9.17, 15) is 4.79 Å². The maximum absolute atomic E-state index is 12.3. The van der Waals surface area contributed by atoms with Crippen molar-refractivity contribution in [1.29, 1.82) is 0 Å². The van der Waals surface area contributed by atoms with Gasteiger partial charge in [-0.3, -0.25) is 0 Å². The fourth-order valence-electron chi connectivity index (χ4n) is 2.63. The normalized spacial score (nSPS) is 11.0. The van der Waals surface area contributed by atoms with Crippen LogP contribution >= 0.6 is 11.8 Å². The summed E-state index contributed by atoms with van der Waals surface area (Å²) in [6, 6.07) is 5.91. The molecular weight excluding hydrogens is 336 g/mol. The van der Waals surface area contributed by atoms with E-state index in [1.165, 1.54) is 5.56 Å². The number of urea groups is 1. The number of amides is 2. The molecule has 0 aliphatic carbocycles. The number of hydrogen-bond donors (Lipinski definition) is 2. The molecule has 0 atom stereocenters. The van der Waals surface area contributed by atoms with Gasteiger partial charge in [0.25, 0.3) is 0 Å². The quantitative estimate of drug-likeness (QED) is 0.687. The van der Waals surface area contributed by atoms with E-state index < -0.39 is 0 Å². The zero-order chi connectivity index (χ0) is 18.0. The molecule has 8 heteroatoms. The molecule has 0 aliphatic rings. The van der Waals surface area contributed by atoms with Crippen LogP contribution < -0.4 is 5.32 Å². The highest BCUT2D eigenvalue weighted by Crippen LogP contribution is 2.15. The highest BCUT2D eigenvalue weighted by Gasteiger charge is 2.13. The molecule has 0 aliphatic heterocycles. The minimum absolute atomic E-state index is 0.150. The third-order valence-electron chi connectivity index (χ3n) is 4.07. The zero-order valence-corrected chi connectivity index (χ0v) is 15.6. The van der Waals surface area contributed by atoms with E-state index >= 15 is 0 Å². The predicted octanol–water partition coefficient (Wildman–Crippen LogP) is 2.67. The molecule has 0 saturated heterocycles. The van der Waals surface area contributed by atoms with Crippen molar-refractivity contribution in [2.45, 2.75) is 25.2 Å². The molecule has 132 valence electrons. The lowest BCUT2D eigenvalue weighted by Crippen LogP contribution is -2.37. The maximum atomic E-state index is 12.3. The van der Waals surface area contributed by atoms with Crippen LogP contribution in [0.2, 0.25) is 0 Å². The summed E-state index contributed by atoms with van der Waals surface area (Å²) < 4.78 is 1.98. The predicted molar refractivity (Wildman–Crippen MR) is 99.5 cm³/mol. The van der Waals surface area contributed by atoms with E-state index in [0.29, 0.717) is 13.1 Å². The van der Waals surface area contributed by atoms with Crippen LogP contribution in [0.5, 0.6) is 0 Å². The maximum Gasteiger partial charge on any atom is 0.317 e. The van der Waals surface area contributed by atoms with E-state index in [-0.39, 0.29) is 6.03 Å². The Morgan fingerprint density at radius 1 is 1.44 bits per heavy atom. The second-order valence-electron chi connectivity index (χ2n) is 6.01. The number of H-pyrrole nitrogens is 1. The van der Waals surface area contributed by atoms with Gasteiger partial charge in [0.1, 0.15) is 5.82 Å². The van der Waals surface area contributed by atoms with Gasteiger partial charge in [-0.1, -0.05) is 17.8 Å². The smallest absolute Gasteiger partial charge is 0.317 e. The van der Waals surface area contributed by atoms with Crippen molar-refractivity contribution in [2.75, 3.05) is 13.3 Å². The minimum Gasteiger partial charge on any atom is -0.340 e. The molecule has 7 nitrogen and oxygen atoms in total. The van der Waals surface area contributed by atoms with Gasteiger partial charge in [0.15, 0.2) is 5.16 Å². The monoisotopic (exact) mass is 358 g/mol. The fraction of sp³-hybridized carbons (Fsp3) is 0.353. The molecule has 25 heavy (non-hydrogen) atoms. The Morgan fingerprint density at radius 3 is 2.96 bits per heavy atom. The Balaban J connectivity index is 1.60. The Hall–Kier alpha value is -2.48. The van der Waals surface area contributed by atoms with Crippen molar-refractivity contribution in [2.24, 2.45) is 7.05 Å². The number of hydrogen-bond acceptors (Lipinski definition) is 4. The van der Waals surface area contributed by atoms with Gasteiger partial charge in [-0.2, -0.15) is 0 Å². The first-order valence-corrected chi connectivity index (χ1v) is 9.19. The van der Waals surface area contributed by atoms with Crippen LogP contribution in [-0.4, -0.2) is 43.8 Å². The summed E-state index contributed by atoms with van der Waals surface area (Å²) in [4.78, 5) is 26.0. The fourth-order valence-corrected chi connectivity index (χ4v) is 3.18. The van der Waals surface area contributed by atoms with Gasteiger partial charge in [-0.15, -0.1) is 0 Å². The SMILES string of the molecule is CSc1ncc(CNC(=O)N(C)Cc2nc3ccc(C)cc3[nH]2)n1C. The minimum atomic E-state index is -0.150.